The van der Waals surface area contributed by atoms with Gasteiger partial charge in [0.25, 0.3) is 5.91 Å². The molecule has 3 amide bonds. The van der Waals surface area contributed by atoms with Gasteiger partial charge in [-0.15, -0.1) is 10.2 Å². The van der Waals surface area contributed by atoms with Crippen molar-refractivity contribution >= 4 is 29.0 Å². The van der Waals surface area contributed by atoms with E-state index in [0.717, 1.165) is 43.0 Å². The number of likely N-dealkylation sites (tertiary alicyclic amines) is 1. The number of hydrogen-bond acceptors (Lipinski definition) is 6. The predicted octanol–water partition coefficient (Wildman–Crippen LogP) is 4.02. The average Bonchev–Trinajstić information content (AvgIpc) is 3.31. The number of carbonyl (C=O) groups is 2. The molecule has 1 saturated carbocycles. The van der Waals surface area contributed by atoms with Crippen molar-refractivity contribution in [2.45, 2.75) is 56.9 Å². The summed E-state index contributed by atoms with van der Waals surface area (Å²) in [5.41, 5.74) is 0.672. The number of nitrogens with one attached hydrogen (secondary N) is 2. The number of benzene rings is 1. The number of urea groups is 1. The summed E-state index contributed by atoms with van der Waals surface area (Å²) in [5.74, 6) is 0.563. The molecule has 2 aliphatic rings. The van der Waals surface area contributed by atoms with E-state index in [2.05, 4.69) is 20.8 Å². The van der Waals surface area contributed by atoms with Crippen molar-refractivity contribution in [3.8, 4) is 5.75 Å². The summed E-state index contributed by atoms with van der Waals surface area (Å²) < 4.78 is 5.13. The van der Waals surface area contributed by atoms with Crippen LogP contribution in [0.15, 0.2) is 24.3 Å². The molecular weight excluding hydrogens is 414 g/mol. The molecule has 1 atom stereocenters. The van der Waals surface area contributed by atoms with Gasteiger partial charge in [-0.3, -0.25) is 4.79 Å². The molecule has 1 saturated heterocycles. The Morgan fingerprint density at radius 3 is 2.58 bits per heavy atom. The number of aromatic nitrogens is 2. The van der Waals surface area contributed by atoms with Crippen LogP contribution in [-0.4, -0.2) is 53.3 Å². The summed E-state index contributed by atoms with van der Waals surface area (Å²) >= 11 is 1.31. The number of nitrogens with zero attached hydrogens (tertiary/aromatic N) is 3. The van der Waals surface area contributed by atoms with Gasteiger partial charge in [0.2, 0.25) is 5.01 Å². The Labute approximate surface area is 186 Å². The van der Waals surface area contributed by atoms with Gasteiger partial charge in [0, 0.05) is 30.7 Å². The van der Waals surface area contributed by atoms with Crippen LogP contribution in [0, 0.1) is 0 Å². The van der Waals surface area contributed by atoms with E-state index >= 15 is 0 Å². The van der Waals surface area contributed by atoms with E-state index < -0.39 is 0 Å². The fraction of sp³-hybridized carbons (Fsp3) is 0.545. The third-order valence-electron chi connectivity index (χ3n) is 5.97. The Morgan fingerprint density at radius 1 is 1.06 bits per heavy atom. The minimum absolute atomic E-state index is 0.0265. The highest BCUT2D eigenvalue weighted by molar-refractivity contribution is 7.13. The number of piperidine rings is 1. The first kappa shape index (κ1) is 21.5. The van der Waals surface area contributed by atoms with E-state index in [1.165, 1.54) is 30.6 Å². The summed E-state index contributed by atoms with van der Waals surface area (Å²) in [4.78, 5) is 27.2. The van der Waals surface area contributed by atoms with Gasteiger partial charge in [0.05, 0.1) is 7.11 Å². The number of anilines is 1. The molecule has 31 heavy (non-hydrogen) atoms. The van der Waals surface area contributed by atoms with Gasteiger partial charge in [-0.25, -0.2) is 4.79 Å². The molecule has 0 spiro atoms. The fourth-order valence-corrected chi connectivity index (χ4v) is 5.09. The number of hydrogen-bond donors (Lipinski definition) is 2. The number of rotatable bonds is 5. The monoisotopic (exact) mass is 443 g/mol. The fourth-order valence-electron chi connectivity index (χ4n) is 4.23. The van der Waals surface area contributed by atoms with Crippen LogP contribution in [0.2, 0.25) is 0 Å². The minimum atomic E-state index is -0.281. The lowest BCUT2D eigenvalue weighted by Crippen LogP contribution is -2.48. The summed E-state index contributed by atoms with van der Waals surface area (Å²) in [6.45, 7) is 1.38. The standard InChI is InChI=1S/C22H29N5O3S/c1-30-18-11-9-17(10-12-18)23-19(28)21-26-25-20(31-21)15-6-5-13-27(14-15)22(29)24-16-7-3-2-4-8-16/h9-12,15-16H,2-8,13-14H2,1H3,(H,23,28)(H,24,29)/t15-/m1/s1. The number of ether oxygens (including phenoxy) is 1. The Hall–Kier alpha value is -2.68. The second-order valence-corrected chi connectivity index (χ2v) is 9.21. The zero-order valence-electron chi connectivity index (χ0n) is 17.8. The molecule has 166 valence electrons. The van der Waals surface area contributed by atoms with Crippen LogP contribution in [0.25, 0.3) is 0 Å². The summed E-state index contributed by atoms with van der Waals surface area (Å²) in [5, 5.41) is 15.5. The van der Waals surface area contributed by atoms with Crippen molar-refractivity contribution in [2.24, 2.45) is 0 Å². The van der Waals surface area contributed by atoms with Crippen LogP contribution in [0.3, 0.4) is 0 Å². The molecule has 9 heteroatoms. The van der Waals surface area contributed by atoms with Crippen LogP contribution in [0.5, 0.6) is 5.75 Å². The molecule has 2 aromatic rings. The molecule has 2 fully saturated rings. The first-order chi connectivity index (χ1) is 15.1. The number of amides is 3. The van der Waals surface area contributed by atoms with Gasteiger partial charge in [0.15, 0.2) is 0 Å². The lowest BCUT2D eigenvalue weighted by atomic mass is 9.95. The van der Waals surface area contributed by atoms with Gasteiger partial charge in [-0.1, -0.05) is 30.6 Å². The van der Waals surface area contributed by atoms with Crippen molar-refractivity contribution in [3.63, 3.8) is 0 Å². The van der Waals surface area contributed by atoms with E-state index in [1.54, 1.807) is 31.4 Å². The normalized spacial score (nSPS) is 19.6. The van der Waals surface area contributed by atoms with E-state index in [-0.39, 0.29) is 17.9 Å². The summed E-state index contributed by atoms with van der Waals surface area (Å²) in [6, 6.07) is 7.47. The number of methoxy groups -OCH3 is 1. The molecule has 2 N–H and O–H groups in total. The Kier molecular flexibility index (Phi) is 7.01. The molecule has 1 aliphatic heterocycles. The highest BCUT2D eigenvalue weighted by Gasteiger charge is 2.29. The molecule has 1 aromatic carbocycles. The zero-order chi connectivity index (χ0) is 21.6. The van der Waals surface area contributed by atoms with E-state index in [9.17, 15) is 9.59 Å². The van der Waals surface area contributed by atoms with Crippen molar-refractivity contribution in [3.05, 3.63) is 34.3 Å². The van der Waals surface area contributed by atoms with Crippen LogP contribution in [-0.2, 0) is 0 Å². The highest BCUT2D eigenvalue weighted by Crippen LogP contribution is 2.30. The molecule has 1 aliphatic carbocycles. The molecule has 0 radical (unpaired) electrons. The maximum absolute atomic E-state index is 12.7. The predicted molar refractivity (Wildman–Crippen MR) is 120 cm³/mol. The van der Waals surface area contributed by atoms with Gasteiger partial charge in [0.1, 0.15) is 10.8 Å². The average molecular weight is 444 g/mol. The lowest BCUT2D eigenvalue weighted by Gasteiger charge is -2.33. The SMILES string of the molecule is COc1ccc(NC(=O)c2nnc([C@@H]3CCCN(C(=O)NC4CCCCC4)C3)s2)cc1. The molecular formula is C22H29N5O3S. The van der Waals surface area contributed by atoms with Gasteiger partial charge in [-0.2, -0.15) is 0 Å². The smallest absolute Gasteiger partial charge is 0.317 e. The summed E-state index contributed by atoms with van der Waals surface area (Å²) in [6.07, 6.45) is 7.68. The minimum Gasteiger partial charge on any atom is -0.497 e. The zero-order valence-corrected chi connectivity index (χ0v) is 18.6. The van der Waals surface area contributed by atoms with Crippen molar-refractivity contribution < 1.29 is 14.3 Å². The van der Waals surface area contributed by atoms with Crippen molar-refractivity contribution in [2.75, 3.05) is 25.5 Å². The van der Waals surface area contributed by atoms with Crippen molar-refractivity contribution in [1.82, 2.24) is 20.4 Å². The summed E-state index contributed by atoms with van der Waals surface area (Å²) in [7, 11) is 1.60. The van der Waals surface area contributed by atoms with E-state index in [1.807, 2.05) is 4.90 Å². The molecule has 1 aromatic heterocycles. The van der Waals surface area contributed by atoms with Crippen LogP contribution in [0.1, 0.15) is 65.7 Å². The van der Waals surface area contributed by atoms with Gasteiger partial charge >= 0.3 is 6.03 Å². The van der Waals surface area contributed by atoms with Crippen LogP contribution < -0.4 is 15.4 Å². The second kappa shape index (κ2) is 10.1. The van der Waals surface area contributed by atoms with Gasteiger partial charge < -0.3 is 20.3 Å². The highest BCUT2D eigenvalue weighted by atomic mass is 32.1. The lowest BCUT2D eigenvalue weighted by molar-refractivity contribution is 0.102. The van der Waals surface area contributed by atoms with Crippen molar-refractivity contribution in [1.29, 1.82) is 0 Å². The Morgan fingerprint density at radius 2 is 1.84 bits per heavy atom. The van der Waals surface area contributed by atoms with Crippen LogP contribution >= 0.6 is 11.3 Å². The molecule has 8 nitrogen and oxygen atoms in total. The molecule has 4 rings (SSSR count). The molecule has 0 bridgehead atoms. The molecule has 2 heterocycles. The maximum Gasteiger partial charge on any atom is 0.317 e. The second-order valence-electron chi connectivity index (χ2n) is 8.20. The third-order valence-corrected chi connectivity index (χ3v) is 7.06. The van der Waals surface area contributed by atoms with E-state index in [0.29, 0.717) is 23.3 Å². The third kappa shape index (κ3) is 5.52. The largest absolute Gasteiger partial charge is 0.497 e. The molecule has 0 unspecified atom stereocenters. The van der Waals surface area contributed by atoms with E-state index in [4.69, 9.17) is 4.74 Å². The first-order valence-electron chi connectivity index (χ1n) is 11.0. The number of carbonyl (C=O) groups excluding carboxylic acids is 2. The maximum atomic E-state index is 12.7. The topological polar surface area (TPSA) is 96.4 Å². The first-order valence-corrected chi connectivity index (χ1v) is 11.8. The van der Waals surface area contributed by atoms with Gasteiger partial charge in [-0.05, 0) is 49.9 Å². The Balaban J connectivity index is 1.34. The Bertz CT molecular complexity index is 895. The van der Waals surface area contributed by atoms with Crippen LogP contribution in [0.4, 0.5) is 10.5 Å². The quantitative estimate of drug-likeness (QED) is 0.728.